The van der Waals surface area contributed by atoms with Gasteiger partial charge in [0.25, 0.3) is 5.19 Å². The number of hydrogen-bond donors (Lipinski definition) is 0. The van der Waals surface area contributed by atoms with Crippen molar-refractivity contribution < 1.29 is 9.53 Å². The van der Waals surface area contributed by atoms with Gasteiger partial charge in [-0.3, -0.25) is 9.69 Å². The van der Waals surface area contributed by atoms with Crippen molar-refractivity contribution in [2.24, 2.45) is 0 Å². The fourth-order valence-electron chi connectivity index (χ4n) is 5.31. The zero-order valence-corrected chi connectivity index (χ0v) is 23.6. The summed E-state index contributed by atoms with van der Waals surface area (Å²) in [6, 6.07) is 39.3. The monoisotopic (exact) mass is 560 g/mol. The van der Waals surface area contributed by atoms with E-state index in [1.807, 2.05) is 47.4 Å². The summed E-state index contributed by atoms with van der Waals surface area (Å²) >= 11 is 1.25. The lowest BCUT2D eigenvalue weighted by Gasteiger charge is -2.40. The number of rotatable bonds is 9. The average molecular weight is 561 g/mol. The normalized spacial score (nSPS) is 13.8. The van der Waals surface area contributed by atoms with Gasteiger partial charge < -0.3 is 9.64 Å². The number of aromatic nitrogens is 2. The van der Waals surface area contributed by atoms with Gasteiger partial charge in [0.15, 0.2) is 5.82 Å². The van der Waals surface area contributed by atoms with Crippen LogP contribution in [0.15, 0.2) is 115 Å². The van der Waals surface area contributed by atoms with Gasteiger partial charge in [-0.1, -0.05) is 103 Å². The second kappa shape index (κ2) is 12.9. The van der Waals surface area contributed by atoms with E-state index in [1.54, 1.807) is 0 Å². The molecule has 1 aliphatic rings. The first-order valence-electron chi connectivity index (χ1n) is 14.0. The molecule has 0 unspecified atom stereocenters. The smallest absolute Gasteiger partial charge is 0.298 e. The first-order chi connectivity index (χ1) is 20.2. The molecule has 0 bridgehead atoms. The summed E-state index contributed by atoms with van der Waals surface area (Å²) in [5, 5.41) is 0.516. The molecule has 0 spiro atoms. The summed E-state index contributed by atoms with van der Waals surface area (Å²) < 4.78 is 10.3. The molecule has 0 saturated carbocycles. The van der Waals surface area contributed by atoms with Gasteiger partial charge in [-0.25, -0.2) is 0 Å². The first kappa shape index (κ1) is 26.9. The number of piperazine rings is 1. The van der Waals surface area contributed by atoms with Gasteiger partial charge in [0.1, 0.15) is 5.75 Å². The summed E-state index contributed by atoms with van der Waals surface area (Å²) in [6.45, 7) is 3.11. The molecule has 41 heavy (non-hydrogen) atoms. The van der Waals surface area contributed by atoms with E-state index in [9.17, 15) is 4.79 Å². The largest absolute Gasteiger partial charge is 0.430 e. The summed E-state index contributed by atoms with van der Waals surface area (Å²) in [5.41, 5.74) is 4.70. The number of nitrogens with zero attached hydrogens (tertiary/aromatic N) is 4. The summed E-state index contributed by atoms with van der Waals surface area (Å²) in [6.07, 6.45) is 1.05. The Morgan fingerprint density at radius 1 is 0.732 bits per heavy atom. The lowest BCUT2D eigenvalue weighted by atomic mass is 9.96. The van der Waals surface area contributed by atoms with E-state index in [-0.39, 0.29) is 11.9 Å². The van der Waals surface area contributed by atoms with Crippen LogP contribution < -0.4 is 4.74 Å². The molecule has 7 heteroatoms. The van der Waals surface area contributed by atoms with Crippen molar-refractivity contribution in [3.8, 4) is 10.9 Å². The van der Waals surface area contributed by atoms with Crippen molar-refractivity contribution in [3.05, 3.63) is 143 Å². The molecule has 1 fully saturated rings. The van der Waals surface area contributed by atoms with Gasteiger partial charge in [-0.2, -0.15) is 9.36 Å². The molecule has 0 aliphatic carbocycles. The molecule has 206 valence electrons. The third-order valence-corrected chi connectivity index (χ3v) is 8.03. The summed E-state index contributed by atoms with van der Waals surface area (Å²) in [4.78, 5) is 22.2. The van der Waals surface area contributed by atoms with Crippen LogP contribution in [-0.2, 0) is 17.6 Å². The maximum Gasteiger partial charge on any atom is 0.298 e. The van der Waals surface area contributed by atoms with Gasteiger partial charge in [-0.05, 0) is 34.4 Å². The Hall–Kier alpha value is -4.33. The van der Waals surface area contributed by atoms with Crippen LogP contribution in [0.2, 0.25) is 0 Å². The molecule has 5 aromatic rings. The average Bonchev–Trinajstić information content (AvgIpc) is 3.46. The molecule has 2 heterocycles. The standard InChI is InChI=1S/C34H32N4O2S/c39-32(37-20-22-38(23-21-37)33(28-12-6-2-7-13-28)29-14-8-3-9-15-29)25-27-16-18-30(19-17-27)40-34-35-31(36-41-34)24-26-10-4-1-5-11-26/h1-19,33H,20-25H2. The van der Waals surface area contributed by atoms with Crippen LogP contribution in [0, 0.1) is 0 Å². The minimum absolute atomic E-state index is 0.156. The summed E-state index contributed by atoms with van der Waals surface area (Å²) in [5.74, 6) is 1.59. The van der Waals surface area contributed by atoms with Crippen molar-refractivity contribution in [3.63, 3.8) is 0 Å². The van der Waals surface area contributed by atoms with Gasteiger partial charge in [0.05, 0.1) is 12.5 Å². The third-order valence-electron chi connectivity index (χ3n) is 7.40. The predicted molar refractivity (Wildman–Crippen MR) is 162 cm³/mol. The fourth-order valence-corrected chi connectivity index (χ4v) is 5.88. The number of carbonyl (C=O) groups excluding carboxylic acids is 1. The van der Waals surface area contributed by atoms with Crippen molar-refractivity contribution in [2.45, 2.75) is 18.9 Å². The first-order valence-corrected chi connectivity index (χ1v) is 14.7. The van der Waals surface area contributed by atoms with E-state index < -0.39 is 0 Å². The van der Waals surface area contributed by atoms with E-state index in [2.05, 4.69) is 87.1 Å². The maximum absolute atomic E-state index is 13.2. The Morgan fingerprint density at radius 3 is 1.93 bits per heavy atom. The molecule has 1 aliphatic heterocycles. The van der Waals surface area contributed by atoms with E-state index in [0.717, 1.165) is 37.6 Å². The van der Waals surface area contributed by atoms with Gasteiger partial charge in [0.2, 0.25) is 5.91 Å². The van der Waals surface area contributed by atoms with Crippen molar-refractivity contribution in [1.29, 1.82) is 0 Å². The highest BCUT2D eigenvalue weighted by Crippen LogP contribution is 2.30. The Balaban J connectivity index is 1.02. The molecule has 0 atom stereocenters. The van der Waals surface area contributed by atoms with E-state index in [4.69, 9.17) is 4.74 Å². The number of hydrogen-bond acceptors (Lipinski definition) is 6. The molecule has 6 rings (SSSR count). The second-order valence-corrected chi connectivity index (χ2v) is 10.9. The quantitative estimate of drug-likeness (QED) is 0.209. The molecule has 1 aromatic heterocycles. The molecule has 0 radical (unpaired) electrons. The Labute approximate surface area is 245 Å². The second-order valence-electron chi connectivity index (χ2n) is 10.2. The van der Waals surface area contributed by atoms with E-state index in [1.165, 1.54) is 28.2 Å². The Kier molecular flexibility index (Phi) is 8.45. The molecule has 1 saturated heterocycles. The lowest BCUT2D eigenvalue weighted by molar-refractivity contribution is -0.132. The van der Waals surface area contributed by atoms with Gasteiger partial charge in [0, 0.05) is 44.1 Å². The van der Waals surface area contributed by atoms with Crippen LogP contribution in [0.5, 0.6) is 10.9 Å². The van der Waals surface area contributed by atoms with Crippen LogP contribution in [0.1, 0.15) is 34.1 Å². The van der Waals surface area contributed by atoms with Crippen LogP contribution in [0.3, 0.4) is 0 Å². The minimum Gasteiger partial charge on any atom is -0.430 e. The fraction of sp³-hybridized carbons (Fsp3) is 0.206. The van der Waals surface area contributed by atoms with Crippen molar-refractivity contribution >= 4 is 17.4 Å². The predicted octanol–water partition coefficient (Wildman–Crippen LogP) is 6.40. The number of ether oxygens (including phenoxy) is 1. The number of carbonyl (C=O) groups is 1. The van der Waals surface area contributed by atoms with E-state index in [0.29, 0.717) is 23.8 Å². The van der Waals surface area contributed by atoms with Gasteiger partial charge in [-0.15, -0.1) is 0 Å². The van der Waals surface area contributed by atoms with Crippen LogP contribution in [0.25, 0.3) is 0 Å². The molecule has 6 nitrogen and oxygen atoms in total. The zero-order chi connectivity index (χ0) is 27.9. The zero-order valence-electron chi connectivity index (χ0n) is 22.8. The topological polar surface area (TPSA) is 58.6 Å². The lowest BCUT2D eigenvalue weighted by Crippen LogP contribution is -2.50. The van der Waals surface area contributed by atoms with E-state index >= 15 is 0 Å². The molecule has 1 amide bonds. The SMILES string of the molecule is O=C(Cc1ccc(Oc2nc(Cc3ccccc3)ns2)cc1)N1CCN(C(c2ccccc2)c2ccccc2)CC1. The van der Waals surface area contributed by atoms with Crippen LogP contribution in [0.4, 0.5) is 0 Å². The molecule has 4 aromatic carbocycles. The third kappa shape index (κ3) is 6.88. The van der Waals surface area contributed by atoms with Crippen LogP contribution >= 0.6 is 11.5 Å². The molecule has 0 N–H and O–H groups in total. The van der Waals surface area contributed by atoms with Crippen molar-refractivity contribution in [2.75, 3.05) is 26.2 Å². The Morgan fingerprint density at radius 2 is 1.32 bits per heavy atom. The molecular formula is C34H32N4O2S. The highest BCUT2D eigenvalue weighted by atomic mass is 32.1. The minimum atomic E-state index is 0.156. The number of benzene rings is 4. The molecular weight excluding hydrogens is 528 g/mol. The highest BCUT2D eigenvalue weighted by molar-refractivity contribution is 7.07. The highest BCUT2D eigenvalue weighted by Gasteiger charge is 2.28. The summed E-state index contributed by atoms with van der Waals surface area (Å²) in [7, 11) is 0. The van der Waals surface area contributed by atoms with Gasteiger partial charge >= 0.3 is 0 Å². The number of amides is 1. The Bertz CT molecular complexity index is 1500. The van der Waals surface area contributed by atoms with Crippen molar-refractivity contribution in [1.82, 2.24) is 19.2 Å². The maximum atomic E-state index is 13.2. The van der Waals surface area contributed by atoms with Crippen LogP contribution in [-0.4, -0.2) is 51.2 Å².